The van der Waals surface area contributed by atoms with E-state index in [4.69, 9.17) is 18.9 Å². The van der Waals surface area contributed by atoms with Crippen LogP contribution in [-0.4, -0.2) is 151 Å². The molecule has 0 bridgehead atoms. The van der Waals surface area contributed by atoms with Crippen LogP contribution in [-0.2, 0) is 0 Å². The second-order valence-corrected chi connectivity index (χ2v) is 27.9. The number of amides is 4. The number of fused-ring (bicyclic) bond motifs is 4. The molecule has 0 fully saturated rings. The van der Waals surface area contributed by atoms with Gasteiger partial charge >= 0.3 is 0 Å². The van der Waals surface area contributed by atoms with Crippen molar-refractivity contribution >= 4 is 116 Å². The Hall–Kier alpha value is -14.3. The molecule has 28 heteroatoms. The monoisotopic (exact) mass is 1630 g/mol. The van der Waals surface area contributed by atoms with Crippen molar-refractivity contribution in [2.24, 2.45) is 0 Å². The molecule has 0 unspecified atom stereocenters. The van der Waals surface area contributed by atoms with Gasteiger partial charge in [-0.2, -0.15) is 20.4 Å². The molecule has 616 valence electrons. The van der Waals surface area contributed by atoms with Crippen LogP contribution >= 0.6 is 0 Å². The van der Waals surface area contributed by atoms with E-state index < -0.39 is 23.9 Å². The maximum atomic E-state index is 13.1. The van der Waals surface area contributed by atoms with Crippen LogP contribution in [0.15, 0.2) is 206 Å². The number of methoxy groups -OCH3 is 4. The fourth-order valence-electron chi connectivity index (χ4n) is 12.5. The van der Waals surface area contributed by atoms with Crippen LogP contribution in [0.25, 0.3) is 92.2 Å². The van der Waals surface area contributed by atoms with Crippen molar-refractivity contribution < 1.29 is 76.1 Å². The highest BCUT2D eigenvalue weighted by molar-refractivity contribution is 6.09. The van der Waals surface area contributed by atoms with Gasteiger partial charge in [0.2, 0.25) is 0 Å². The molecule has 10 aromatic carbocycles. The van der Waals surface area contributed by atoms with Crippen molar-refractivity contribution in [1.82, 2.24) is 62.1 Å². The van der Waals surface area contributed by atoms with Crippen LogP contribution in [0.3, 0.4) is 0 Å². The third kappa shape index (κ3) is 22.7. The van der Waals surface area contributed by atoms with Crippen LogP contribution in [0.4, 0.5) is 17.6 Å². The highest BCUT2D eigenvalue weighted by atomic mass is 19.1. The first kappa shape index (κ1) is 86.5. The smallest absolute Gasteiger partial charge is 0.255 e. The lowest BCUT2D eigenvalue weighted by Gasteiger charge is -2.17. The number of carbonyl (C=O) groups is 4. The maximum absolute atomic E-state index is 13.1. The Bertz CT molecular complexity index is 5770. The van der Waals surface area contributed by atoms with E-state index in [1.807, 2.05) is 60.7 Å². The van der Waals surface area contributed by atoms with Crippen molar-refractivity contribution in [1.29, 1.82) is 0 Å². The molecule has 4 aromatic heterocycles. The van der Waals surface area contributed by atoms with E-state index in [1.165, 1.54) is 77.0 Å². The third-order valence-corrected chi connectivity index (χ3v) is 18.7. The number of benzene rings is 10. The van der Waals surface area contributed by atoms with E-state index in [1.54, 1.807) is 166 Å². The molecule has 14 aromatic rings. The number of hydrogen-bond acceptors (Lipinski definition) is 16. The van der Waals surface area contributed by atoms with Gasteiger partial charge in [0.15, 0.2) is 0 Å². The summed E-state index contributed by atoms with van der Waals surface area (Å²) in [4.78, 5) is 50.8. The molecule has 0 saturated carbocycles. The summed E-state index contributed by atoms with van der Waals surface area (Å²) in [5.74, 6) is -1.01. The first-order valence-electron chi connectivity index (χ1n) is 37.8. The predicted octanol–water partition coefficient (Wildman–Crippen LogP) is 15.5. The molecule has 0 saturated heterocycles. The molecule has 14 rings (SSSR count). The van der Waals surface area contributed by atoms with Gasteiger partial charge in [-0.05, 0) is 182 Å². The van der Waals surface area contributed by atoms with Crippen molar-refractivity contribution in [3.63, 3.8) is 0 Å². The first-order valence-corrected chi connectivity index (χ1v) is 37.8. The van der Waals surface area contributed by atoms with Crippen LogP contribution in [0.1, 0.15) is 137 Å². The summed E-state index contributed by atoms with van der Waals surface area (Å²) in [7, 11) is 5.97. The van der Waals surface area contributed by atoms with Gasteiger partial charge in [0.05, 0.1) is 141 Å². The number of ether oxygens (including phenoxy) is 4. The molecule has 0 spiro atoms. The van der Waals surface area contributed by atoms with E-state index in [0.29, 0.717) is 125 Å². The number of hydrogen-bond donors (Lipinski definition) is 12. The molecule has 0 radical (unpaired) electrons. The average molecular weight is 1630 g/mol. The van der Waals surface area contributed by atoms with Crippen LogP contribution < -0.4 is 40.2 Å². The summed E-state index contributed by atoms with van der Waals surface area (Å²) < 4.78 is 74.5. The van der Waals surface area contributed by atoms with Gasteiger partial charge in [0.25, 0.3) is 23.6 Å². The Kier molecular flexibility index (Phi) is 29.6. The number of halogens is 4. The maximum Gasteiger partial charge on any atom is 0.255 e. The van der Waals surface area contributed by atoms with Crippen LogP contribution in [0.5, 0.6) is 23.0 Å². The van der Waals surface area contributed by atoms with Gasteiger partial charge in [0.1, 0.15) is 46.3 Å². The number of aliphatic hydroxyl groups excluding tert-OH is 3. The minimum atomic E-state index is -0.857. The van der Waals surface area contributed by atoms with Gasteiger partial charge in [0, 0.05) is 26.2 Å². The number of nitrogens with one attached hydrogen (secondary N) is 8. The molecule has 24 nitrogen and oxygen atoms in total. The van der Waals surface area contributed by atoms with Crippen molar-refractivity contribution in [2.75, 3.05) is 54.6 Å². The lowest BCUT2D eigenvalue weighted by atomic mass is 10.0. The number of H-pyrrole nitrogens is 4. The summed E-state index contributed by atoms with van der Waals surface area (Å²) >= 11 is 0. The van der Waals surface area contributed by atoms with E-state index in [9.17, 15) is 57.2 Å². The fourth-order valence-corrected chi connectivity index (χ4v) is 12.5. The number of rotatable bonds is 27. The Balaban J connectivity index is 0.000000157. The number of carbonyl (C=O) groups excluding carboxylic acids is 4. The predicted molar refractivity (Wildman–Crippen MR) is 457 cm³/mol. The third-order valence-electron chi connectivity index (χ3n) is 18.7. The highest BCUT2D eigenvalue weighted by Crippen LogP contribution is 2.37. The topological polar surface area (TPSA) is 349 Å². The zero-order valence-corrected chi connectivity index (χ0v) is 66.4. The van der Waals surface area contributed by atoms with Crippen LogP contribution in [0.2, 0.25) is 0 Å². The number of aliphatic hydroxyl groups is 4. The molecular formula is C92H88F4N12O12. The Morgan fingerprint density at radius 1 is 0.367 bits per heavy atom. The molecule has 0 aliphatic carbocycles. The minimum absolute atomic E-state index is 0.0623. The Morgan fingerprint density at radius 3 is 0.858 bits per heavy atom. The molecular weight excluding hydrogens is 1540 g/mol. The van der Waals surface area contributed by atoms with Crippen molar-refractivity contribution in [3.8, 4) is 23.0 Å². The first-order chi connectivity index (χ1) is 57.9. The molecule has 4 heterocycles. The molecule has 4 amide bonds. The lowest BCUT2D eigenvalue weighted by Crippen LogP contribution is -2.30. The molecule has 120 heavy (non-hydrogen) atoms. The summed E-state index contributed by atoms with van der Waals surface area (Å²) in [5, 5.41) is 82.3. The van der Waals surface area contributed by atoms with E-state index >= 15 is 0 Å². The van der Waals surface area contributed by atoms with Gasteiger partial charge in [-0.25, -0.2) is 17.6 Å². The van der Waals surface area contributed by atoms with E-state index in [-0.39, 0.29) is 66.5 Å². The largest absolute Gasteiger partial charge is 0.495 e. The standard InChI is InChI=1S/2C25H22FN3O3.C22H24FN3O3.C20H20FN3O3/c2*1-32-24-19(25(31)27-15-22(30)17-5-3-2-4-6-17)12-14-21-23(24)20(28-29-21)13-9-16-7-10-18(26)11-8-16;1-22(2,28)12-13-24-21(27)16-9-11-18-19(20(16)29-3)17(25-26-18)10-6-14-4-7-15(23)8-5-14;1-12(25)11-22-20(26)15-8-10-17-18(19(15)27-2)16(23-24-17)9-5-13-3-6-14(21)7-4-13/h2*2-14,22,30H,15H2,1H3,(H,27,31)(H,28,29);4-11,28H,12-13H2,1-3H3,(H,24,27)(H,25,26);3-10,12,25H,11H2,1-2H3,(H,22,26)(H,23,24)/b2*13-9+;10-6+;9-5+/t2*22-;;12-/m10.0/s1. The number of nitrogens with zero attached hydrogens (tertiary/aromatic N) is 4. The SMILES string of the molecule is COc1c(C(=O)NCCC(C)(C)O)ccc2n[nH]c(/C=C/c3ccc(F)cc3)c12.COc1c(C(=O)NC[C@@H](O)c2ccccc2)ccc2n[nH]c(/C=C/c3ccc(F)cc3)c12.COc1c(C(=O)NC[C@H](C)O)ccc2n[nH]c(/C=C/c3ccc(F)cc3)c12.COc1c(C(=O)NC[C@H](O)c2ccccc2)ccc2n[nH]c(/C=C/c3ccc(F)cc3)c12. The average Bonchev–Trinajstić information content (AvgIpc) is 1.76. The van der Waals surface area contributed by atoms with Gasteiger partial charge in [-0.1, -0.05) is 133 Å². The zero-order valence-electron chi connectivity index (χ0n) is 66.4. The number of aromatic nitrogens is 8. The molecule has 0 aliphatic heterocycles. The summed E-state index contributed by atoms with van der Waals surface area (Å²) in [5.41, 5.74) is 10.5. The second kappa shape index (κ2) is 41.0. The van der Waals surface area contributed by atoms with Gasteiger partial charge in [-0.15, -0.1) is 0 Å². The second-order valence-electron chi connectivity index (χ2n) is 27.9. The van der Waals surface area contributed by atoms with Gasteiger partial charge in [-0.3, -0.25) is 39.6 Å². The normalized spacial score (nSPS) is 12.2. The quantitative estimate of drug-likeness (QED) is 0.0213. The zero-order chi connectivity index (χ0) is 85.4. The highest BCUT2D eigenvalue weighted by Gasteiger charge is 2.25. The van der Waals surface area contributed by atoms with Gasteiger partial charge < -0.3 is 60.6 Å². The molecule has 3 atom stereocenters. The summed E-state index contributed by atoms with van der Waals surface area (Å²) in [6.07, 6.45) is 12.6. The van der Waals surface area contributed by atoms with Crippen molar-refractivity contribution in [3.05, 3.63) is 308 Å². The minimum Gasteiger partial charge on any atom is -0.495 e. The fraction of sp³-hybridized carbons (Fsp3) is 0.174. The molecule has 12 N–H and O–H groups in total. The van der Waals surface area contributed by atoms with Crippen molar-refractivity contribution in [2.45, 2.75) is 51.1 Å². The van der Waals surface area contributed by atoms with Crippen LogP contribution in [0, 0.1) is 23.3 Å². The summed E-state index contributed by atoms with van der Waals surface area (Å²) in [6, 6.07) is 56.2. The number of aromatic amines is 4. The van der Waals surface area contributed by atoms with E-state index in [0.717, 1.165) is 33.4 Å². The molecule has 0 aliphatic rings. The Morgan fingerprint density at radius 2 is 0.617 bits per heavy atom. The van der Waals surface area contributed by atoms with E-state index in [2.05, 4.69) is 62.1 Å². The summed E-state index contributed by atoms with van der Waals surface area (Å²) in [6.45, 7) is 5.58. The lowest BCUT2D eigenvalue weighted by molar-refractivity contribution is 0.0691. The Labute approximate surface area is 687 Å².